The molecule has 3 heterocycles. The molecular formula is C17H24N4O2. The Morgan fingerprint density at radius 1 is 1.35 bits per heavy atom. The molecule has 6 nitrogen and oxygen atoms in total. The predicted molar refractivity (Wildman–Crippen MR) is 91.0 cm³/mol. The lowest BCUT2D eigenvalue weighted by Crippen LogP contribution is -2.31. The highest BCUT2D eigenvalue weighted by Crippen LogP contribution is 2.45. The maximum absolute atomic E-state index is 6.03. The molecule has 124 valence electrons. The van der Waals surface area contributed by atoms with E-state index in [1.807, 2.05) is 33.2 Å². The van der Waals surface area contributed by atoms with E-state index in [1.165, 1.54) is 0 Å². The molecule has 23 heavy (non-hydrogen) atoms. The molecule has 0 unspecified atom stereocenters. The van der Waals surface area contributed by atoms with E-state index in [4.69, 9.17) is 14.6 Å². The molecule has 0 aromatic carbocycles. The summed E-state index contributed by atoms with van der Waals surface area (Å²) in [6, 6.07) is 0. The number of hydrogen-bond acceptors (Lipinski definition) is 6. The Labute approximate surface area is 137 Å². The van der Waals surface area contributed by atoms with Gasteiger partial charge in [0, 0.05) is 11.8 Å². The van der Waals surface area contributed by atoms with Gasteiger partial charge in [0.2, 0.25) is 0 Å². The first-order chi connectivity index (χ1) is 11.0. The van der Waals surface area contributed by atoms with Crippen molar-refractivity contribution in [3.05, 3.63) is 23.7 Å². The van der Waals surface area contributed by atoms with Gasteiger partial charge in [-0.3, -0.25) is 4.84 Å². The Bertz CT molecular complexity index is 667. The van der Waals surface area contributed by atoms with Gasteiger partial charge in [-0.25, -0.2) is 15.0 Å². The van der Waals surface area contributed by atoms with Crippen LogP contribution >= 0.6 is 0 Å². The molecule has 2 aliphatic rings. The maximum atomic E-state index is 6.03. The lowest BCUT2D eigenvalue weighted by atomic mass is 10.1. The molecule has 0 spiro atoms. The number of aromatic nitrogens is 1. The van der Waals surface area contributed by atoms with Crippen LogP contribution in [0.25, 0.3) is 0 Å². The van der Waals surface area contributed by atoms with E-state index >= 15 is 0 Å². The Hall–Kier alpha value is -2.08. The van der Waals surface area contributed by atoms with E-state index in [0.29, 0.717) is 6.67 Å². The minimum atomic E-state index is 0.0935. The van der Waals surface area contributed by atoms with Crippen molar-refractivity contribution in [1.82, 2.24) is 10.0 Å². The highest BCUT2D eigenvalue weighted by atomic mass is 16.7. The zero-order valence-electron chi connectivity index (χ0n) is 14.5. The van der Waals surface area contributed by atoms with Gasteiger partial charge in [-0.1, -0.05) is 13.3 Å². The fourth-order valence-corrected chi connectivity index (χ4v) is 2.85. The first-order valence-corrected chi connectivity index (χ1v) is 8.09. The van der Waals surface area contributed by atoms with Crippen molar-refractivity contribution in [1.29, 1.82) is 0 Å². The number of aryl methyl sites for hydroxylation is 1. The van der Waals surface area contributed by atoms with Crippen LogP contribution in [0.2, 0.25) is 0 Å². The van der Waals surface area contributed by atoms with Gasteiger partial charge in [-0.15, -0.1) is 0 Å². The highest BCUT2D eigenvalue weighted by molar-refractivity contribution is 6.08. The van der Waals surface area contributed by atoms with Crippen LogP contribution in [0.15, 0.2) is 23.1 Å². The summed E-state index contributed by atoms with van der Waals surface area (Å²) in [6.45, 7) is 8.83. The van der Waals surface area contributed by atoms with Gasteiger partial charge in [0.25, 0.3) is 0 Å². The van der Waals surface area contributed by atoms with Crippen molar-refractivity contribution < 1.29 is 9.57 Å². The van der Waals surface area contributed by atoms with Crippen LogP contribution in [0.1, 0.15) is 39.2 Å². The fraction of sp³-hybridized carbons (Fsp3) is 0.529. The molecule has 1 aromatic rings. The topological polar surface area (TPSA) is 50.2 Å². The van der Waals surface area contributed by atoms with Crippen LogP contribution in [-0.4, -0.2) is 35.6 Å². The summed E-state index contributed by atoms with van der Waals surface area (Å²) in [4.78, 5) is 17.0. The summed E-state index contributed by atoms with van der Waals surface area (Å²) >= 11 is 0. The largest absolute Gasteiger partial charge is 0.488 e. The zero-order valence-corrected chi connectivity index (χ0v) is 14.5. The van der Waals surface area contributed by atoms with Crippen molar-refractivity contribution in [2.45, 2.75) is 46.6 Å². The first kappa shape index (κ1) is 15.8. The second-order valence-electron chi connectivity index (χ2n) is 6.10. The van der Waals surface area contributed by atoms with Crippen molar-refractivity contribution in [3.8, 4) is 5.75 Å². The van der Waals surface area contributed by atoms with Gasteiger partial charge in [-0.05, 0) is 27.2 Å². The summed E-state index contributed by atoms with van der Waals surface area (Å²) in [6.07, 6.45) is 5.88. The maximum Gasteiger partial charge on any atom is 0.164 e. The van der Waals surface area contributed by atoms with Gasteiger partial charge in [0.1, 0.15) is 12.4 Å². The number of aliphatic imine (C=N–C) groups is 1. The van der Waals surface area contributed by atoms with Gasteiger partial charge >= 0.3 is 0 Å². The third-order valence-corrected chi connectivity index (χ3v) is 3.88. The van der Waals surface area contributed by atoms with Crippen LogP contribution < -0.4 is 9.64 Å². The Morgan fingerprint density at radius 2 is 2.13 bits per heavy atom. The molecule has 6 heteroatoms. The second kappa shape index (κ2) is 6.20. The van der Waals surface area contributed by atoms with Crippen LogP contribution in [0, 0.1) is 6.92 Å². The van der Waals surface area contributed by atoms with Gasteiger partial charge < -0.3 is 9.64 Å². The summed E-state index contributed by atoms with van der Waals surface area (Å²) in [7, 11) is 1.67. The summed E-state index contributed by atoms with van der Waals surface area (Å²) in [5, 5.41) is 1.79. The van der Waals surface area contributed by atoms with Crippen molar-refractivity contribution in [2.75, 3.05) is 18.7 Å². The molecule has 2 aliphatic heterocycles. The summed E-state index contributed by atoms with van der Waals surface area (Å²) in [5.41, 5.74) is 3.96. The average molecular weight is 316 g/mol. The third-order valence-electron chi connectivity index (χ3n) is 3.88. The molecule has 0 radical (unpaired) electrons. The van der Waals surface area contributed by atoms with Crippen molar-refractivity contribution in [2.24, 2.45) is 4.99 Å². The molecule has 0 amide bonds. The van der Waals surface area contributed by atoms with Gasteiger partial charge in [-0.2, -0.15) is 0 Å². The number of hydroxylamine groups is 2. The molecule has 1 aromatic heterocycles. The standard InChI is InChI=1S/C17H24N4O2/c1-6-7-13-14-9-20(22-5)10-21(14)17-15(19-13)16(23-11(2)3)12(4)8-18-17/h8-9,11H,6-7,10H2,1-5H3. The Kier molecular flexibility index (Phi) is 4.26. The molecule has 0 fully saturated rings. The minimum Gasteiger partial charge on any atom is -0.488 e. The molecule has 0 saturated heterocycles. The number of hydrogen-bond donors (Lipinski definition) is 0. The number of anilines is 1. The number of rotatable bonds is 5. The number of pyridine rings is 1. The Morgan fingerprint density at radius 3 is 2.78 bits per heavy atom. The number of nitrogens with zero attached hydrogens (tertiary/aromatic N) is 4. The molecule has 0 atom stereocenters. The summed E-state index contributed by atoms with van der Waals surface area (Å²) in [5.74, 6) is 1.66. The van der Waals surface area contributed by atoms with Gasteiger partial charge in [0.05, 0.1) is 30.8 Å². The van der Waals surface area contributed by atoms with Crippen LogP contribution in [0.5, 0.6) is 5.75 Å². The number of fused-ring (bicyclic) bond motifs is 3. The molecular weight excluding hydrogens is 292 g/mol. The van der Waals surface area contributed by atoms with Crippen LogP contribution in [0.4, 0.5) is 11.5 Å². The van der Waals surface area contributed by atoms with E-state index in [-0.39, 0.29) is 6.10 Å². The monoisotopic (exact) mass is 316 g/mol. The number of allylic oxidation sites excluding steroid dienone is 1. The molecule has 0 aliphatic carbocycles. The van der Waals surface area contributed by atoms with E-state index in [9.17, 15) is 0 Å². The normalized spacial score (nSPS) is 16.3. The lowest BCUT2D eigenvalue weighted by Gasteiger charge is -2.29. The van der Waals surface area contributed by atoms with Crippen molar-refractivity contribution in [3.63, 3.8) is 0 Å². The SMILES string of the molecule is CCCC1=Nc2c(ncc(C)c2OC(C)C)N2CN(OC)C=C12. The summed E-state index contributed by atoms with van der Waals surface area (Å²) < 4.78 is 6.03. The van der Waals surface area contributed by atoms with Crippen LogP contribution in [-0.2, 0) is 4.84 Å². The highest BCUT2D eigenvalue weighted by Gasteiger charge is 2.34. The first-order valence-electron chi connectivity index (χ1n) is 8.09. The van der Waals surface area contributed by atoms with Crippen molar-refractivity contribution >= 4 is 17.2 Å². The molecule has 0 N–H and O–H groups in total. The number of ether oxygens (including phenoxy) is 1. The Balaban J connectivity index is 2.13. The van der Waals surface area contributed by atoms with E-state index < -0.39 is 0 Å². The second-order valence-corrected chi connectivity index (χ2v) is 6.10. The van der Waals surface area contributed by atoms with E-state index in [1.54, 1.807) is 12.2 Å². The smallest absolute Gasteiger partial charge is 0.164 e. The average Bonchev–Trinajstić information content (AvgIpc) is 2.95. The fourth-order valence-electron chi connectivity index (χ4n) is 2.85. The molecule has 3 rings (SSSR count). The zero-order chi connectivity index (χ0) is 16.6. The predicted octanol–water partition coefficient (Wildman–Crippen LogP) is 3.55. The van der Waals surface area contributed by atoms with E-state index in [2.05, 4.69) is 16.8 Å². The van der Waals surface area contributed by atoms with Crippen LogP contribution in [0.3, 0.4) is 0 Å². The minimum absolute atomic E-state index is 0.0935. The lowest BCUT2D eigenvalue weighted by molar-refractivity contribution is -0.0790. The molecule has 0 bridgehead atoms. The quantitative estimate of drug-likeness (QED) is 0.831. The molecule has 0 saturated carbocycles. The van der Waals surface area contributed by atoms with Gasteiger partial charge in [0.15, 0.2) is 11.6 Å². The van der Waals surface area contributed by atoms with E-state index in [0.717, 1.165) is 47.1 Å². The third kappa shape index (κ3) is 2.79.